The number of carbonyl (C=O) groups is 2. The van der Waals surface area contributed by atoms with E-state index < -0.39 is 28.9 Å². The van der Waals surface area contributed by atoms with Crippen LogP contribution in [0.25, 0.3) is 33.4 Å². The van der Waals surface area contributed by atoms with Crippen LogP contribution in [0.15, 0.2) is 78.1 Å². The fourth-order valence-corrected chi connectivity index (χ4v) is 4.88. The van der Waals surface area contributed by atoms with Crippen LogP contribution in [0.2, 0.25) is 0 Å². The zero-order valence-electron chi connectivity index (χ0n) is 24.1. The minimum absolute atomic E-state index is 0.0703. The molecular weight excluding hydrogens is 568 g/mol. The normalized spacial score (nSPS) is 11.1. The van der Waals surface area contributed by atoms with E-state index in [1.165, 1.54) is 35.0 Å². The van der Waals surface area contributed by atoms with Crippen molar-refractivity contribution in [3.8, 4) is 33.4 Å². The number of nitrogen functional groups attached to an aromatic ring is 1. The molecule has 0 unspecified atom stereocenters. The van der Waals surface area contributed by atoms with E-state index in [2.05, 4.69) is 15.4 Å². The van der Waals surface area contributed by atoms with Crippen molar-refractivity contribution in [2.24, 2.45) is 5.73 Å². The van der Waals surface area contributed by atoms with Gasteiger partial charge in [-0.25, -0.2) is 13.8 Å². The van der Waals surface area contributed by atoms with Crippen LogP contribution in [0.4, 0.5) is 20.3 Å². The van der Waals surface area contributed by atoms with Crippen LogP contribution < -0.4 is 22.2 Å². The van der Waals surface area contributed by atoms with Crippen molar-refractivity contribution < 1.29 is 18.4 Å². The molecule has 5 aromatic rings. The Morgan fingerprint density at radius 2 is 1.68 bits per heavy atom. The summed E-state index contributed by atoms with van der Waals surface area (Å²) in [6.07, 6.45) is 6.34. The second-order valence-corrected chi connectivity index (χ2v) is 10.4. The fraction of sp³-hybridized carbons (Fsp3) is 0.156. The van der Waals surface area contributed by atoms with E-state index in [1.807, 2.05) is 13.1 Å². The third kappa shape index (κ3) is 5.69. The lowest BCUT2D eigenvalue weighted by Gasteiger charge is -2.20. The van der Waals surface area contributed by atoms with Crippen LogP contribution in [0.3, 0.4) is 0 Å². The van der Waals surface area contributed by atoms with Crippen LogP contribution in [0.1, 0.15) is 47.7 Å². The SMILES string of the molecule is CCn1cc(-c2cnc(N)c(-c3ccc(NC(=O)c4cn(C(C)C)c(C(N)=O)c(-c5ccc(F)cc5)c4=O)cc3F)c2)cn1. The molecule has 0 atom stereocenters. The molecule has 0 fully saturated rings. The molecule has 0 saturated carbocycles. The van der Waals surface area contributed by atoms with Gasteiger partial charge in [0.2, 0.25) is 5.43 Å². The minimum atomic E-state index is -0.892. The monoisotopic (exact) mass is 597 g/mol. The second-order valence-electron chi connectivity index (χ2n) is 10.4. The summed E-state index contributed by atoms with van der Waals surface area (Å²) in [6.45, 7) is 6.13. The van der Waals surface area contributed by atoms with Crippen molar-refractivity contribution in [3.05, 3.63) is 106 Å². The first kappa shape index (κ1) is 29.8. The summed E-state index contributed by atoms with van der Waals surface area (Å²) in [5.41, 5.74) is 12.6. The first-order valence-corrected chi connectivity index (χ1v) is 13.7. The van der Waals surface area contributed by atoms with Crippen molar-refractivity contribution in [2.75, 3.05) is 11.1 Å². The van der Waals surface area contributed by atoms with Gasteiger partial charge in [0.25, 0.3) is 11.8 Å². The first-order valence-electron chi connectivity index (χ1n) is 13.7. The molecule has 12 heteroatoms. The highest BCUT2D eigenvalue weighted by atomic mass is 19.1. The Balaban J connectivity index is 1.51. The molecule has 0 bridgehead atoms. The Kier molecular flexibility index (Phi) is 8.08. The number of aromatic nitrogens is 4. The lowest BCUT2D eigenvalue weighted by atomic mass is 9.99. The fourth-order valence-electron chi connectivity index (χ4n) is 4.88. The number of carbonyl (C=O) groups excluding carboxylic acids is 2. The number of anilines is 2. The largest absolute Gasteiger partial charge is 0.383 e. The number of aryl methyl sites for hydroxylation is 1. The molecule has 5 N–H and O–H groups in total. The maximum atomic E-state index is 15.5. The third-order valence-electron chi connectivity index (χ3n) is 7.13. The standard InChI is InChI=1S/C32H29F2N7O3/c1-4-40-15-20(14-38-40)19-11-24(30(35)37-13-19)23-10-9-22(12-26(23)34)39-32(44)25-16-41(17(2)3)28(31(36)43)27(29(25)42)18-5-7-21(33)8-6-18/h5-17H,4H2,1-3H3,(H2,35,37)(H2,36,43)(H,39,44). The molecule has 0 aliphatic heterocycles. The van der Waals surface area contributed by atoms with E-state index in [-0.39, 0.29) is 45.5 Å². The van der Waals surface area contributed by atoms with E-state index in [0.29, 0.717) is 17.7 Å². The van der Waals surface area contributed by atoms with Gasteiger partial charge in [0.15, 0.2) is 0 Å². The Hall–Kier alpha value is -5.65. The lowest BCUT2D eigenvalue weighted by Crippen LogP contribution is -2.31. The van der Waals surface area contributed by atoms with Crippen molar-refractivity contribution >= 4 is 23.3 Å². The molecule has 0 saturated heterocycles. The predicted molar refractivity (Wildman–Crippen MR) is 164 cm³/mol. The molecule has 5 rings (SSSR count). The van der Waals surface area contributed by atoms with Gasteiger partial charge in [-0.15, -0.1) is 0 Å². The number of nitrogens with two attached hydrogens (primary N) is 2. The number of benzene rings is 2. The van der Waals surface area contributed by atoms with Crippen LogP contribution in [0, 0.1) is 11.6 Å². The minimum Gasteiger partial charge on any atom is -0.383 e. The number of nitrogens with zero attached hydrogens (tertiary/aromatic N) is 4. The number of hydrogen-bond acceptors (Lipinski definition) is 6. The van der Waals surface area contributed by atoms with Gasteiger partial charge in [-0.2, -0.15) is 5.10 Å². The van der Waals surface area contributed by atoms with Gasteiger partial charge in [-0.3, -0.25) is 19.1 Å². The highest BCUT2D eigenvalue weighted by Gasteiger charge is 2.25. The van der Waals surface area contributed by atoms with Crippen molar-refractivity contribution in [2.45, 2.75) is 33.4 Å². The van der Waals surface area contributed by atoms with Gasteiger partial charge in [0.05, 0.1) is 11.8 Å². The van der Waals surface area contributed by atoms with Gasteiger partial charge in [0, 0.05) is 59.1 Å². The number of primary amides is 1. The zero-order valence-corrected chi connectivity index (χ0v) is 24.1. The maximum absolute atomic E-state index is 15.5. The van der Waals surface area contributed by atoms with Gasteiger partial charge in [-0.05, 0) is 62.7 Å². The summed E-state index contributed by atoms with van der Waals surface area (Å²) in [7, 11) is 0. The highest BCUT2D eigenvalue weighted by molar-refractivity contribution is 6.06. The number of hydrogen-bond donors (Lipinski definition) is 3. The average Bonchev–Trinajstić information content (AvgIpc) is 3.47. The Morgan fingerprint density at radius 1 is 0.955 bits per heavy atom. The topological polar surface area (TPSA) is 151 Å². The van der Waals surface area contributed by atoms with Crippen LogP contribution in [0.5, 0.6) is 0 Å². The Morgan fingerprint density at radius 3 is 2.30 bits per heavy atom. The van der Waals surface area contributed by atoms with E-state index >= 15 is 4.39 Å². The summed E-state index contributed by atoms with van der Waals surface area (Å²) in [6, 6.07) is 10.3. The molecule has 0 aliphatic rings. The molecule has 10 nitrogen and oxygen atoms in total. The van der Waals surface area contributed by atoms with Crippen molar-refractivity contribution in [1.29, 1.82) is 0 Å². The van der Waals surface area contributed by atoms with E-state index in [4.69, 9.17) is 11.5 Å². The quantitative estimate of drug-likeness (QED) is 0.222. The number of pyridine rings is 2. The summed E-state index contributed by atoms with van der Waals surface area (Å²) in [5, 5.41) is 6.82. The maximum Gasteiger partial charge on any atom is 0.266 e. The molecule has 3 aromatic heterocycles. The molecule has 0 aliphatic carbocycles. The zero-order chi connectivity index (χ0) is 31.7. The van der Waals surface area contributed by atoms with Gasteiger partial charge in [-0.1, -0.05) is 12.1 Å². The average molecular weight is 598 g/mol. The molecule has 3 heterocycles. The third-order valence-corrected chi connectivity index (χ3v) is 7.13. The summed E-state index contributed by atoms with van der Waals surface area (Å²) in [4.78, 5) is 43.7. The van der Waals surface area contributed by atoms with Gasteiger partial charge < -0.3 is 21.4 Å². The molecular formula is C32H29F2N7O3. The summed E-state index contributed by atoms with van der Waals surface area (Å²) < 4.78 is 32.3. The number of halogens is 2. The highest BCUT2D eigenvalue weighted by Crippen LogP contribution is 2.32. The molecule has 2 aromatic carbocycles. The number of rotatable bonds is 8. The Bertz CT molecular complexity index is 1960. The molecule has 0 spiro atoms. The number of amides is 2. The van der Waals surface area contributed by atoms with Gasteiger partial charge in [0.1, 0.15) is 28.7 Å². The predicted octanol–water partition coefficient (Wildman–Crippen LogP) is 5.25. The van der Waals surface area contributed by atoms with Crippen LogP contribution >= 0.6 is 0 Å². The second kappa shape index (κ2) is 11.9. The van der Waals surface area contributed by atoms with Crippen molar-refractivity contribution in [1.82, 2.24) is 19.3 Å². The Labute approximate surface area is 251 Å². The van der Waals surface area contributed by atoms with E-state index in [9.17, 15) is 18.8 Å². The summed E-state index contributed by atoms with van der Waals surface area (Å²) in [5.74, 6) is -2.85. The lowest BCUT2D eigenvalue weighted by molar-refractivity contribution is 0.0983. The molecule has 2 amide bonds. The van der Waals surface area contributed by atoms with Crippen molar-refractivity contribution in [3.63, 3.8) is 0 Å². The number of nitrogens with one attached hydrogen (secondary N) is 1. The molecule has 224 valence electrons. The smallest absolute Gasteiger partial charge is 0.266 e. The van der Waals surface area contributed by atoms with Crippen LogP contribution in [-0.4, -0.2) is 31.1 Å². The molecule has 44 heavy (non-hydrogen) atoms. The van der Waals surface area contributed by atoms with E-state index in [0.717, 1.165) is 23.8 Å². The molecule has 0 radical (unpaired) electrons. The van der Waals surface area contributed by atoms with E-state index in [1.54, 1.807) is 37.0 Å². The van der Waals surface area contributed by atoms with Crippen LogP contribution in [-0.2, 0) is 6.54 Å². The summed E-state index contributed by atoms with van der Waals surface area (Å²) >= 11 is 0. The van der Waals surface area contributed by atoms with Gasteiger partial charge >= 0.3 is 0 Å². The first-order chi connectivity index (χ1) is 21.0.